The van der Waals surface area contributed by atoms with Crippen molar-refractivity contribution in [2.75, 3.05) is 10.6 Å². The van der Waals surface area contributed by atoms with Gasteiger partial charge in [-0.25, -0.2) is 15.0 Å². The predicted octanol–water partition coefficient (Wildman–Crippen LogP) is 2.56. The summed E-state index contributed by atoms with van der Waals surface area (Å²) in [5.41, 5.74) is 2.33. The summed E-state index contributed by atoms with van der Waals surface area (Å²) in [4.78, 5) is 12.2. The molecule has 0 amide bonds. The van der Waals surface area contributed by atoms with E-state index in [0.717, 1.165) is 11.2 Å². The molecule has 1 aromatic carbocycles. The lowest BCUT2D eigenvalue weighted by molar-refractivity contribution is 0.561. The number of hydrogen-bond donors (Lipinski definition) is 2. The number of anilines is 3. The molecule has 2 N–H and O–H groups in total. The molecule has 0 unspecified atom stereocenters. The first kappa shape index (κ1) is 11.9. The second-order valence-electron chi connectivity index (χ2n) is 4.07. The minimum absolute atomic E-state index is 0.432. The SMILES string of the molecule is Cc1nc2ccc(Nc3cc(NC#N)ncn3)cc2o1. The molecule has 7 nitrogen and oxygen atoms in total. The zero-order chi connectivity index (χ0) is 13.9. The number of nitrogens with zero attached hydrogens (tertiary/aromatic N) is 4. The zero-order valence-corrected chi connectivity index (χ0v) is 10.6. The van der Waals surface area contributed by atoms with E-state index in [1.54, 1.807) is 13.0 Å². The molecule has 0 atom stereocenters. The molecule has 3 aromatic rings. The van der Waals surface area contributed by atoms with Gasteiger partial charge in [0, 0.05) is 24.7 Å². The van der Waals surface area contributed by atoms with Crippen molar-refractivity contribution >= 4 is 28.4 Å². The lowest BCUT2D eigenvalue weighted by Gasteiger charge is -2.05. The minimum atomic E-state index is 0.432. The molecule has 0 aliphatic heterocycles. The lowest BCUT2D eigenvalue weighted by Crippen LogP contribution is -1.97. The highest BCUT2D eigenvalue weighted by atomic mass is 16.3. The van der Waals surface area contributed by atoms with Gasteiger partial charge in [0.2, 0.25) is 0 Å². The van der Waals surface area contributed by atoms with Gasteiger partial charge in [0.05, 0.1) is 0 Å². The van der Waals surface area contributed by atoms with Crippen LogP contribution in [0.15, 0.2) is 35.0 Å². The first-order chi connectivity index (χ1) is 9.74. The van der Waals surface area contributed by atoms with Crippen LogP contribution in [0.4, 0.5) is 17.3 Å². The number of oxazole rings is 1. The third-order valence-corrected chi connectivity index (χ3v) is 2.62. The number of nitrogens with one attached hydrogen (secondary N) is 2. The van der Waals surface area contributed by atoms with Crippen LogP contribution in [0.25, 0.3) is 11.1 Å². The van der Waals surface area contributed by atoms with Gasteiger partial charge in [0.25, 0.3) is 0 Å². The number of nitriles is 1. The number of rotatable bonds is 3. The van der Waals surface area contributed by atoms with Crippen LogP contribution in [0, 0.1) is 18.4 Å². The summed E-state index contributed by atoms with van der Waals surface area (Å²) in [6.07, 6.45) is 3.18. The molecule has 0 spiro atoms. The normalized spacial score (nSPS) is 10.2. The van der Waals surface area contributed by atoms with E-state index in [1.165, 1.54) is 6.33 Å². The van der Waals surface area contributed by atoms with E-state index < -0.39 is 0 Å². The van der Waals surface area contributed by atoms with Crippen LogP contribution in [-0.4, -0.2) is 15.0 Å². The van der Waals surface area contributed by atoms with Gasteiger partial charge in [0.15, 0.2) is 17.7 Å². The molecule has 7 heteroatoms. The Labute approximate surface area is 114 Å². The van der Waals surface area contributed by atoms with E-state index in [1.807, 2.05) is 24.4 Å². The summed E-state index contributed by atoms with van der Waals surface area (Å²) in [6, 6.07) is 7.22. The average Bonchev–Trinajstić information content (AvgIpc) is 2.79. The average molecular weight is 266 g/mol. The van der Waals surface area contributed by atoms with E-state index in [4.69, 9.17) is 9.68 Å². The summed E-state index contributed by atoms with van der Waals surface area (Å²) < 4.78 is 5.47. The van der Waals surface area contributed by atoms with Gasteiger partial charge in [-0.05, 0) is 12.1 Å². The fourth-order valence-corrected chi connectivity index (χ4v) is 1.82. The van der Waals surface area contributed by atoms with Crippen LogP contribution in [0.3, 0.4) is 0 Å². The molecule has 0 fully saturated rings. The Balaban J connectivity index is 1.88. The van der Waals surface area contributed by atoms with E-state index in [0.29, 0.717) is 23.1 Å². The van der Waals surface area contributed by atoms with E-state index in [2.05, 4.69) is 25.6 Å². The Morgan fingerprint density at radius 3 is 2.90 bits per heavy atom. The van der Waals surface area contributed by atoms with Gasteiger partial charge in [-0.15, -0.1) is 0 Å². The molecular weight excluding hydrogens is 256 g/mol. The second-order valence-corrected chi connectivity index (χ2v) is 4.07. The first-order valence-electron chi connectivity index (χ1n) is 5.86. The standard InChI is InChI=1S/C13H10N6O/c1-8-18-10-3-2-9(4-11(10)20-8)19-13-5-12(15-6-14)16-7-17-13/h2-5,7H,1H3,(H2,15,16,17,19). The largest absolute Gasteiger partial charge is 0.441 e. The van der Waals surface area contributed by atoms with Gasteiger partial charge in [-0.2, -0.15) is 5.26 Å². The third-order valence-electron chi connectivity index (χ3n) is 2.62. The van der Waals surface area contributed by atoms with Crippen molar-refractivity contribution in [2.24, 2.45) is 0 Å². The van der Waals surface area contributed by atoms with E-state index >= 15 is 0 Å². The van der Waals surface area contributed by atoms with Crippen LogP contribution in [-0.2, 0) is 0 Å². The Hall–Kier alpha value is -3.14. The number of aryl methyl sites for hydroxylation is 1. The highest BCUT2D eigenvalue weighted by Crippen LogP contribution is 2.22. The van der Waals surface area contributed by atoms with Gasteiger partial charge in [-0.1, -0.05) is 0 Å². The zero-order valence-electron chi connectivity index (χ0n) is 10.6. The maximum atomic E-state index is 8.56. The number of benzene rings is 1. The Bertz CT molecular complexity index is 804. The highest BCUT2D eigenvalue weighted by molar-refractivity contribution is 5.78. The minimum Gasteiger partial charge on any atom is -0.441 e. The maximum absolute atomic E-state index is 8.56. The van der Waals surface area contributed by atoms with Gasteiger partial charge < -0.3 is 9.73 Å². The van der Waals surface area contributed by atoms with Crippen molar-refractivity contribution in [3.05, 3.63) is 36.5 Å². The van der Waals surface area contributed by atoms with Gasteiger partial charge in [-0.3, -0.25) is 5.32 Å². The Morgan fingerprint density at radius 2 is 2.05 bits per heavy atom. The summed E-state index contributed by atoms with van der Waals surface area (Å²) >= 11 is 0. The highest BCUT2D eigenvalue weighted by Gasteiger charge is 2.04. The fourth-order valence-electron chi connectivity index (χ4n) is 1.82. The molecule has 98 valence electrons. The van der Waals surface area contributed by atoms with Crippen molar-refractivity contribution < 1.29 is 4.42 Å². The summed E-state index contributed by atoms with van der Waals surface area (Å²) in [5, 5.41) is 14.1. The van der Waals surface area contributed by atoms with Crippen molar-refractivity contribution in [2.45, 2.75) is 6.92 Å². The summed E-state index contributed by atoms with van der Waals surface area (Å²) in [7, 11) is 0. The molecule has 0 radical (unpaired) electrons. The van der Waals surface area contributed by atoms with Gasteiger partial charge >= 0.3 is 0 Å². The third kappa shape index (κ3) is 2.35. The van der Waals surface area contributed by atoms with Crippen LogP contribution in [0.2, 0.25) is 0 Å². The molecule has 2 heterocycles. The number of fused-ring (bicyclic) bond motifs is 1. The summed E-state index contributed by atoms with van der Waals surface area (Å²) in [5.74, 6) is 1.63. The predicted molar refractivity (Wildman–Crippen MR) is 73.3 cm³/mol. The van der Waals surface area contributed by atoms with Crippen LogP contribution >= 0.6 is 0 Å². The topological polar surface area (TPSA) is 99.7 Å². The Kier molecular flexibility index (Phi) is 2.89. The second kappa shape index (κ2) is 4.85. The lowest BCUT2D eigenvalue weighted by atomic mass is 10.3. The van der Waals surface area contributed by atoms with E-state index in [9.17, 15) is 0 Å². The maximum Gasteiger partial charge on any atom is 0.192 e. The van der Waals surface area contributed by atoms with Crippen LogP contribution in [0.5, 0.6) is 0 Å². The molecule has 2 aromatic heterocycles. The quantitative estimate of drug-likeness (QED) is 0.555. The smallest absolute Gasteiger partial charge is 0.192 e. The molecule has 0 saturated heterocycles. The van der Waals surface area contributed by atoms with E-state index in [-0.39, 0.29) is 0 Å². The van der Waals surface area contributed by atoms with Crippen molar-refractivity contribution in [3.8, 4) is 6.19 Å². The van der Waals surface area contributed by atoms with Crippen molar-refractivity contribution in [1.29, 1.82) is 5.26 Å². The first-order valence-corrected chi connectivity index (χ1v) is 5.86. The molecule has 0 aliphatic carbocycles. The number of aromatic nitrogens is 3. The molecule has 0 aliphatic rings. The Morgan fingerprint density at radius 1 is 1.20 bits per heavy atom. The molecule has 3 rings (SSSR count). The molecule has 20 heavy (non-hydrogen) atoms. The number of hydrogen-bond acceptors (Lipinski definition) is 7. The van der Waals surface area contributed by atoms with Crippen LogP contribution in [0.1, 0.15) is 5.89 Å². The summed E-state index contributed by atoms with van der Waals surface area (Å²) in [6.45, 7) is 1.80. The molecule has 0 bridgehead atoms. The van der Waals surface area contributed by atoms with Crippen LogP contribution < -0.4 is 10.6 Å². The fraction of sp³-hybridized carbons (Fsp3) is 0.0769. The monoisotopic (exact) mass is 266 g/mol. The molecular formula is C13H10N6O. The molecule has 0 saturated carbocycles. The van der Waals surface area contributed by atoms with Crippen molar-refractivity contribution in [3.63, 3.8) is 0 Å². The van der Waals surface area contributed by atoms with Crippen molar-refractivity contribution in [1.82, 2.24) is 15.0 Å². The van der Waals surface area contributed by atoms with Gasteiger partial charge in [0.1, 0.15) is 23.5 Å².